The minimum absolute atomic E-state index is 0.0377. The minimum Gasteiger partial charge on any atom is -0.374 e. The Morgan fingerprint density at radius 2 is 2.40 bits per heavy atom. The summed E-state index contributed by atoms with van der Waals surface area (Å²) in [6, 6.07) is 2.06. The van der Waals surface area contributed by atoms with Crippen molar-refractivity contribution in [2.75, 3.05) is 32.8 Å². The third-order valence-electron chi connectivity index (χ3n) is 3.10. The van der Waals surface area contributed by atoms with Gasteiger partial charge in [0, 0.05) is 24.5 Å². The number of alkyl halides is 2. The van der Waals surface area contributed by atoms with Gasteiger partial charge in [-0.3, -0.25) is 4.79 Å². The third kappa shape index (κ3) is 4.50. The van der Waals surface area contributed by atoms with Gasteiger partial charge in [-0.1, -0.05) is 0 Å². The highest BCUT2D eigenvalue weighted by Gasteiger charge is 2.20. The average Bonchev–Trinajstić information content (AvgIpc) is 2.89. The largest absolute Gasteiger partial charge is 0.374 e. The van der Waals surface area contributed by atoms with E-state index in [1.807, 2.05) is 4.90 Å². The Kier molecular flexibility index (Phi) is 5.87. The molecular weight excluding hydrogens is 286 g/mol. The number of fused-ring (bicyclic) bond motifs is 1. The first-order chi connectivity index (χ1) is 9.66. The predicted octanol–water partition coefficient (Wildman–Crippen LogP) is 1.50. The van der Waals surface area contributed by atoms with Crippen molar-refractivity contribution in [1.29, 1.82) is 0 Å². The Hall–Kier alpha value is -1.05. The van der Waals surface area contributed by atoms with Gasteiger partial charge in [-0.15, -0.1) is 11.3 Å². The maximum atomic E-state index is 12.0. The topological polar surface area (TPSA) is 41.6 Å². The van der Waals surface area contributed by atoms with E-state index in [9.17, 15) is 13.6 Å². The molecule has 0 spiro atoms. The number of carbonyl (C=O) groups is 1. The molecule has 20 heavy (non-hydrogen) atoms. The Balaban J connectivity index is 1.61. The molecule has 1 aliphatic heterocycles. The number of hydrogen-bond donors (Lipinski definition) is 1. The lowest BCUT2D eigenvalue weighted by Crippen LogP contribution is -2.41. The molecule has 4 nitrogen and oxygen atoms in total. The van der Waals surface area contributed by atoms with E-state index in [4.69, 9.17) is 4.74 Å². The Morgan fingerprint density at radius 3 is 3.20 bits per heavy atom. The molecule has 1 aromatic rings. The highest BCUT2D eigenvalue weighted by Crippen LogP contribution is 2.23. The van der Waals surface area contributed by atoms with Crippen LogP contribution in [0.25, 0.3) is 0 Å². The summed E-state index contributed by atoms with van der Waals surface area (Å²) in [5.41, 5.74) is 1.23. The van der Waals surface area contributed by atoms with Crippen LogP contribution in [0.5, 0.6) is 0 Å². The monoisotopic (exact) mass is 304 g/mol. The molecule has 7 heteroatoms. The standard InChI is InChI=1S/C13H18F2N2O2S/c14-12(15)9-19-5-3-16-7-13(18)17-4-1-11-10(8-17)2-6-20-11/h2,6,12,16H,1,3-5,7-9H2. The van der Waals surface area contributed by atoms with E-state index >= 15 is 0 Å². The summed E-state index contributed by atoms with van der Waals surface area (Å²) in [6.45, 7) is 1.67. The average molecular weight is 304 g/mol. The molecule has 0 unspecified atom stereocenters. The zero-order valence-electron chi connectivity index (χ0n) is 11.1. The first kappa shape index (κ1) is 15.3. The third-order valence-corrected chi connectivity index (χ3v) is 4.13. The summed E-state index contributed by atoms with van der Waals surface area (Å²) >= 11 is 1.74. The van der Waals surface area contributed by atoms with Crippen molar-refractivity contribution < 1.29 is 18.3 Å². The van der Waals surface area contributed by atoms with Crippen molar-refractivity contribution in [2.45, 2.75) is 19.4 Å². The van der Waals surface area contributed by atoms with E-state index in [0.29, 0.717) is 13.1 Å². The second-order valence-corrected chi connectivity index (χ2v) is 5.58. The molecule has 0 aliphatic carbocycles. The van der Waals surface area contributed by atoms with Crippen molar-refractivity contribution in [3.63, 3.8) is 0 Å². The number of hydrogen-bond acceptors (Lipinski definition) is 4. The van der Waals surface area contributed by atoms with Crippen molar-refractivity contribution in [1.82, 2.24) is 10.2 Å². The van der Waals surface area contributed by atoms with Gasteiger partial charge in [0.05, 0.1) is 13.2 Å². The molecule has 0 bridgehead atoms. The number of thiophene rings is 1. The maximum Gasteiger partial charge on any atom is 0.261 e. The van der Waals surface area contributed by atoms with Gasteiger partial charge in [0.2, 0.25) is 5.91 Å². The van der Waals surface area contributed by atoms with Crippen LogP contribution in [0.15, 0.2) is 11.4 Å². The number of carbonyl (C=O) groups excluding carboxylic acids is 1. The molecule has 0 radical (unpaired) electrons. The van der Waals surface area contributed by atoms with E-state index in [2.05, 4.69) is 16.8 Å². The Bertz CT molecular complexity index is 440. The van der Waals surface area contributed by atoms with Gasteiger partial charge in [0.25, 0.3) is 6.43 Å². The van der Waals surface area contributed by atoms with Gasteiger partial charge in [0.15, 0.2) is 0 Å². The van der Waals surface area contributed by atoms with E-state index in [1.54, 1.807) is 11.3 Å². The molecule has 0 saturated carbocycles. The van der Waals surface area contributed by atoms with Crippen molar-refractivity contribution in [3.8, 4) is 0 Å². The molecule has 2 rings (SSSR count). The molecule has 112 valence electrons. The lowest BCUT2D eigenvalue weighted by Gasteiger charge is -2.27. The highest BCUT2D eigenvalue weighted by atomic mass is 32.1. The van der Waals surface area contributed by atoms with Crippen molar-refractivity contribution >= 4 is 17.2 Å². The summed E-state index contributed by atoms with van der Waals surface area (Å²) in [6.07, 6.45) is -1.53. The SMILES string of the molecule is O=C(CNCCOCC(F)F)N1CCc2sccc2C1. The van der Waals surface area contributed by atoms with Gasteiger partial charge in [-0.05, 0) is 23.4 Å². The zero-order chi connectivity index (χ0) is 14.4. The first-order valence-electron chi connectivity index (χ1n) is 6.56. The van der Waals surface area contributed by atoms with Crippen LogP contribution in [-0.4, -0.2) is 50.1 Å². The molecule has 0 atom stereocenters. The van der Waals surface area contributed by atoms with Crippen LogP contribution >= 0.6 is 11.3 Å². The fourth-order valence-electron chi connectivity index (χ4n) is 2.09. The number of nitrogens with zero attached hydrogens (tertiary/aromatic N) is 1. The summed E-state index contributed by atoms with van der Waals surface area (Å²) < 4.78 is 28.3. The highest BCUT2D eigenvalue weighted by molar-refractivity contribution is 7.10. The van der Waals surface area contributed by atoms with E-state index in [1.165, 1.54) is 10.4 Å². The second kappa shape index (κ2) is 7.66. The molecular formula is C13H18F2N2O2S. The lowest BCUT2D eigenvalue weighted by atomic mass is 10.1. The summed E-state index contributed by atoms with van der Waals surface area (Å²) in [5.74, 6) is 0.0377. The Labute approximate surface area is 120 Å². The lowest BCUT2D eigenvalue weighted by molar-refractivity contribution is -0.131. The quantitative estimate of drug-likeness (QED) is 0.776. The van der Waals surface area contributed by atoms with Gasteiger partial charge in [0.1, 0.15) is 6.61 Å². The van der Waals surface area contributed by atoms with Gasteiger partial charge >= 0.3 is 0 Å². The van der Waals surface area contributed by atoms with Crippen LogP contribution in [-0.2, 0) is 22.5 Å². The van der Waals surface area contributed by atoms with Crippen molar-refractivity contribution in [2.24, 2.45) is 0 Å². The summed E-state index contributed by atoms with van der Waals surface area (Å²) in [5, 5.41) is 4.97. The van der Waals surface area contributed by atoms with Crippen LogP contribution in [0.3, 0.4) is 0 Å². The number of halogens is 2. The van der Waals surface area contributed by atoms with E-state index in [-0.39, 0.29) is 19.1 Å². The van der Waals surface area contributed by atoms with E-state index < -0.39 is 13.0 Å². The maximum absolute atomic E-state index is 12.0. The normalized spacial score (nSPS) is 14.7. The zero-order valence-corrected chi connectivity index (χ0v) is 11.9. The molecule has 0 fully saturated rings. The molecule has 1 N–H and O–H groups in total. The number of amides is 1. The van der Waals surface area contributed by atoms with Crippen molar-refractivity contribution in [3.05, 3.63) is 21.9 Å². The predicted molar refractivity (Wildman–Crippen MR) is 73.1 cm³/mol. The number of ether oxygens (including phenoxy) is 1. The first-order valence-corrected chi connectivity index (χ1v) is 7.44. The van der Waals surface area contributed by atoms with Gasteiger partial charge < -0.3 is 15.0 Å². The second-order valence-electron chi connectivity index (χ2n) is 4.58. The van der Waals surface area contributed by atoms with Gasteiger partial charge in [-0.2, -0.15) is 0 Å². The number of nitrogens with one attached hydrogen (secondary N) is 1. The summed E-state index contributed by atoms with van der Waals surface area (Å²) in [4.78, 5) is 15.2. The van der Waals surface area contributed by atoms with Crippen LogP contribution in [0, 0.1) is 0 Å². The van der Waals surface area contributed by atoms with Crippen LogP contribution < -0.4 is 5.32 Å². The molecule has 1 amide bonds. The molecule has 1 aliphatic rings. The van der Waals surface area contributed by atoms with Gasteiger partial charge in [-0.25, -0.2) is 8.78 Å². The molecule has 2 heterocycles. The van der Waals surface area contributed by atoms with Crippen LogP contribution in [0.4, 0.5) is 8.78 Å². The molecule has 0 aromatic carbocycles. The molecule has 0 saturated heterocycles. The summed E-state index contributed by atoms with van der Waals surface area (Å²) in [7, 11) is 0. The van der Waals surface area contributed by atoms with Crippen LogP contribution in [0.2, 0.25) is 0 Å². The fraction of sp³-hybridized carbons (Fsp3) is 0.615. The van der Waals surface area contributed by atoms with Crippen LogP contribution in [0.1, 0.15) is 10.4 Å². The Morgan fingerprint density at radius 1 is 1.55 bits per heavy atom. The smallest absolute Gasteiger partial charge is 0.261 e. The minimum atomic E-state index is -2.44. The van der Waals surface area contributed by atoms with E-state index in [0.717, 1.165) is 13.0 Å². The molecule has 1 aromatic heterocycles. The fourth-order valence-corrected chi connectivity index (χ4v) is 2.97. The number of rotatable bonds is 7.